The normalized spacial score (nSPS) is 19.4. The lowest BCUT2D eigenvalue weighted by atomic mass is 9.99. The molecule has 8 unspecified atom stereocenters. The van der Waals surface area contributed by atoms with Gasteiger partial charge < -0.3 is 45.1 Å². The smallest absolute Gasteiger partial charge is 0.306 e. The predicted molar refractivity (Wildman–Crippen MR) is 338 cm³/mol. The van der Waals surface area contributed by atoms with E-state index in [-0.39, 0.29) is 19.4 Å². The molecule has 1 heterocycles. The standard InChI is InChI=1S/C70H119NO10/c1-4-7-10-13-16-19-22-25-27-28-29-30-31-32-33-34-35-36-37-38-39-42-45-48-51-54-57-63(74)69(78)71-61(62(73)56-53-50-47-44-41-24-21-18-15-12-9-6-3)60-79-70-68(67(77)66(76)64(59-72)80-70)81-65(75)58-55-52-49-46-43-40-26-23-20-17-14-11-8-5-2/h7-8,10-11,16-17,19-20,25,27,29-30,32-33,35-36,53,56,61-64,66-68,70,72-74,76-77H,4-6,9,12-15,18,21-24,26,28,31,34,37-52,54-55,57-60H2,1-3H3,(H,71,78)/b10-7-,11-8+,19-16-,20-17+,27-25-,30-29-,33-32-,36-35-,56-53+. The van der Waals surface area contributed by atoms with Gasteiger partial charge in [0.25, 0.3) is 0 Å². The molecule has 0 aromatic rings. The van der Waals surface area contributed by atoms with Gasteiger partial charge in [-0.15, -0.1) is 0 Å². The Kier molecular flexibility index (Phi) is 52.8. The van der Waals surface area contributed by atoms with Crippen molar-refractivity contribution in [3.05, 3.63) is 109 Å². The lowest BCUT2D eigenvalue weighted by Gasteiger charge is -2.41. The van der Waals surface area contributed by atoms with Gasteiger partial charge in [-0.3, -0.25) is 9.59 Å². The van der Waals surface area contributed by atoms with E-state index in [4.69, 9.17) is 14.2 Å². The highest BCUT2D eigenvalue weighted by molar-refractivity contribution is 5.80. The number of esters is 1. The molecular weight excluding hydrogens is 1010 g/mol. The molecule has 6 N–H and O–H groups in total. The van der Waals surface area contributed by atoms with E-state index in [9.17, 15) is 35.1 Å². The molecule has 1 aliphatic heterocycles. The lowest BCUT2D eigenvalue weighted by Crippen LogP contribution is -2.61. The van der Waals surface area contributed by atoms with Crippen LogP contribution in [0.25, 0.3) is 0 Å². The molecule has 1 aliphatic rings. The van der Waals surface area contributed by atoms with E-state index in [1.54, 1.807) is 6.08 Å². The number of carbonyl (C=O) groups excluding carboxylic acids is 2. The molecule has 1 fully saturated rings. The van der Waals surface area contributed by atoms with Crippen LogP contribution in [0.3, 0.4) is 0 Å². The van der Waals surface area contributed by atoms with Crippen LogP contribution in [0.5, 0.6) is 0 Å². The molecule has 0 aromatic carbocycles. The number of nitrogens with one attached hydrogen (secondary N) is 1. The van der Waals surface area contributed by atoms with Crippen LogP contribution in [0, 0.1) is 0 Å². The molecule has 0 aromatic heterocycles. The number of carbonyl (C=O) groups is 2. The zero-order valence-electron chi connectivity index (χ0n) is 51.4. The highest BCUT2D eigenvalue weighted by atomic mass is 16.7. The van der Waals surface area contributed by atoms with E-state index in [0.717, 1.165) is 148 Å². The first-order valence-electron chi connectivity index (χ1n) is 32.7. The highest BCUT2D eigenvalue weighted by Gasteiger charge is 2.47. The van der Waals surface area contributed by atoms with Crippen molar-refractivity contribution in [2.24, 2.45) is 0 Å². The van der Waals surface area contributed by atoms with Crippen molar-refractivity contribution >= 4 is 11.9 Å². The van der Waals surface area contributed by atoms with E-state index in [0.29, 0.717) is 12.8 Å². The maximum atomic E-state index is 13.5. The number of aliphatic hydroxyl groups excluding tert-OH is 5. The molecule has 0 bridgehead atoms. The number of hydrogen-bond acceptors (Lipinski definition) is 10. The first kappa shape index (κ1) is 75.3. The summed E-state index contributed by atoms with van der Waals surface area (Å²) in [6.07, 6.45) is 67.0. The van der Waals surface area contributed by atoms with Crippen LogP contribution in [-0.2, 0) is 23.8 Å². The van der Waals surface area contributed by atoms with Crippen molar-refractivity contribution < 1.29 is 49.3 Å². The van der Waals surface area contributed by atoms with Crippen LogP contribution < -0.4 is 5.32 Å². The van der Waals surface area contributed by atoms with Crippen LogP contribution in [-0.4, -0.2) is 99.6 Å². The predicted octanol–water partition coefficient (Wildman–Crippen LogP) is 16.1. The number of amides is 1. The molecular formula is C70H119NO10. The van der Waals surface area contributed by atoms with Gasteiger partial charge in [-0.25, -0.2) is 0 Å². The van der Waals surface area contributed by atoms with E-state index in [1.165, 1.54) is 64.2 Å². The van der Waals surface area contributed by atoms with Gasteiger partial charge in [0.15, 0.2) is 12.4 Å². The number of unbranched alkanes of at least 4 members (excludes halogenated alkanes) is 24. The summed E-state index contributed by atoms with van der Waals surface area (Å²) < 4.78 is 17.6. The van der Waals surface area contributed by atoms with Crippen molar-refractivity contribution in [1.82, 2.24) is 5.32 Å². The van der Waals surface area contributed by atoms with Crippen LogP contribution in [0.4, 0.5) is 0 Å². The number of allylic oxidation sites excluding steroid dienone is 17. The quantitative estimate of drug-likeness (QED) is 0.0195. The molecule has 11 heteroatoms. The monoisotopic (exact) mass is 1130 g/mol. The van der Waals surface area contributed by atoms with Gasteiger partial charge >= 0.3 is 5.97 Å². The van der Waals surface area contributed by atoms with E-state index >= 15 is 0 Å². The number of ether oxygens (including phenoxy) is 3. The van der Waals surface area contributed by atoms with Crippen LogP contribution >= 0.6 is 0 Å². The van der Waals surface area contributed by atoms with E-state index in [2.05, 4.69) is 123 Å². The Morgan fingerprint density at radius 3 is 1.33 bits per heavy atom. The number of aliphatic hydroxyl groups is 5. The summed E-state index contributed by atoms with van der Waals surface area (Å²) in [6, 6.07) is -1.04. The van der Waals surface area contributed by atoms with Gasteiger partial charge in [-0.1, -0.05) is 259 Å². The fourth-order valence-electron chi connectivity index (χ4n) is 9.57. The summed E-state index contributed by atoms with van der Waals surface area (Å²) >= 11 is 0. The molecule has 1 amide bonds. The Morgan fingerprint density at radius 1 is 0.494 bits per heavy atom. The minimum atomic E-state index is -1.62. The van der Waals surface area contributed by atoms with Crippen molar-refractivity contribution in [3.63, 3.8) is 0 Å². The third kappa shape index (κ3) is 44.5. The first-order valence-corrected chi connectivity index (χ1v) is 32.7. The van der Waals surface area contributed by atoms with Gasteiger partial charge in [0.05, 0.1) is 25.4 Å². The minimum absolute atomic E-state index is 0.109. The Balaban J connectivity index is 2.62. The molecule has 8 atom stereocenters. The summed E-state index contributed by atoms with van der Waals surface area (Å²) in [7, 11) is 0. The maximum absolute atomic E-state index is 13.5. The second kappa shape index (κ2) is 56.8. The average molecular weight is 1130 g/mol. The largest absolute Gasteiger partial charge is 0.454 e. The number of rotatable bonds is 54. The molecule has 464 valence electrons. The Bertz CT molecular complexity index is 1730. The Morgan fingerprint density at radius 2 is 0.889 bits per heavy atom. The van der Waals surface area contributed by atoms with Crippen molar-refractivity contribution in [3.8, 4) is 0 Å². The van der Waals surface area contributed by atoms with Crippen molar-refractivity contribution in [2.45, 2.75) is 307 Å². The van der Waals surface area contributed by atoms with Crippen molar-refractivity contribution in [2.75, 3.05) is 13.2 Å². The summed E-state index contributed by atoms with van der Waals surface area (Å²) in [5.41, 5.74) is 0. The van der Waals surface area contributed by atoms with Gasteiger partial charge in [0.1, 0.15) is 24.4 Å². The second-order valence-corrected chi connectivity index (χ2v) is 22.1. The molecule has 0 aliphatic carbocycles. The molecule has 0 radical (unpaired) electrons. The molecule has 0 saturated carbocycles. The van der Waals surface area contributed by atoms with Crippen LogP contribution in [0.15, 0.2) is 109 Å². The summed E-state index contributed by atoms with van der Waals surface area (Å²) in [6.45, 7) is 5.55. The molecule has 0 spiro atoms. The van der Waals surface area contributed by atoms with E-state index in [1.807, 2.05) is 6.08 Å². The lowest BCUT2D eigenvalue weighted by molar-refractivity contribution is -0.305. The summed E-state index contributed by atoms with van der Waals surface area (Å²) in [4.78, 5) is 26.6. The van der Waals surface area contributed by atoms with E-state index < -0.39 is 67.4 Å². The summed E-state index contributed by atoms with van der Waals surface area (Å²) in [5, 5.41) is 57.0. The third-order valence-electron chi connectivity index (χ3n) is 14.7. The minimum Gasteiger partial charge on any atom is -0.454 e. The average Bonchev–Trinajstić information content (AvgIpc) is 3.48. The molecule has 11 nitrogen and oxygen atoms in total. The Hall–Kier alpha value is -3.68. The summed E-state index contributed by atoms with van der Waals surface area (Å²) in [5.74, 6) is -1.22. The fourth-order valence-corrected chi connectivity index (χ4v) is 9.57. The van der Waals surface area contributed by atoms with Crippen LogP contribution in [0.1, 0.15) is 258 Å². The zero-order chi connectivity index (χ0) is 58.9. The zero-order valence-corrected chi connectivity index (χ0v) is 51.4. The highest BCUT2D eigenvalue weighted by Crippen LogP contribution is 2.26. The van der Waals surface area contributed by atoms with Crippen molar-refractivity contribution in [1.29, 1.82) is 0 Å². The maximum Gasteiger partial charge on any atom is 0.306 e. The SMILES string of the molecule is CC/C=C\C/C=C\C/C=C\C/C=C\C/C=C\C/C=C\CCCCCCCCCC(O)C(=O)NC(COC1OC(CO)C(O)C(O)C1OC(=O)CCCCCCCCC/C=C/C/C=C/CC)C(O)/C=C/CCCCCCCCCCCC. The molecule has 81 heavy (non-hydrogen) atoms. The first-order chi connectivity index (χ1) is 39.7. The van der Waals surface area contributed by atoms with Gasteiger partial charge in [0, 0.05) is 6.42 Å². The van der Waals surface area contributed by atoms with Gasteiger partial charge in [0.2, 0.25) is 5.91 Å². The topological polar surface area (TPSA) is 175 Å². The Labute approximate surface area is 494 Å². The van der Waals surface area contributed by atoms with Gasteiger partial charge in [-0.05, 0) is 103 Å². The van der Waals surface area contributed by atoms with Crippen LogP contribution in [0.2, 0.25) is 0 Å². The molecule has 1 saturated heterocycles. The van der Waals surface area contributed by atoms with Gasteiger partial charge in [-0.2, -0.15) is 0 Å². The fraction of sp³-hybridized carbons (Fsp3) is 0.714. The molecule has 1 rings (SSSR count). The third-order valence-corrected chi connectivity index (χ3v) is 14.7. The number of hydrogen-bond donors (Lipinski definition) is 6. The second-order valence-electron chi connectivity index (χ2n) is 22.1.